The Kier molecular flexibility index (Phi) is 5.32. The molecular formula is C13H22N2O4. The Labute approximate surface area is 113 Å². The van der Waals surface area contributed by atoms with Crippen molar-refractivity contribution in [1.29, 1.82) is 0 Å². The van der Waals surface area contributed by atoms with Crippen LogP contribution >= 0.6 is 0 Å². The van der Waals surface area contributed by atoms with Gasteiger partial charge in [-0.2, -0.15) is 0 Å². The van der Waals surface area contributed by atoms with E-state index in [4.69, 9.17) is 5.11 Å². The van der Waals surface area contributed by atoms with Crippen molar-refractivity contribution in [1.82, 2.24) is 10.2 Å². The number of amides is 2. The molecule has 1 aliphatic heterocycles. The zero-order valence-electron chi connectivity index (χ0n) is 11.7. The van der Waals surface area contributed by atoms with Gasteiger partial charge < -0.3 is 15.3 Å². The second-order valence-electron chi connectivity index (χ2n) is 5.40. The van der Waals surface area contributed by atoms with E-state index in [0.717, 1.165) is 6.42 Å². The van der Waals surface area contributed by atoms with Gasteiger partial charge in [0.05, 0.1) is 0 Å². The largest absolute Gasteiger partial charge is 0.480 e. The van der Waals surface area contributed by atoms with Crippen molar-refractivity contribution < 1.29 is 19.5 Å². The van der Waals surface area contributed by atoms with E-state index < -0.39 is 18.1 Å². The number of hydrogen-bond donors (Lipinski definition) is 2. The van der Waals surface area contributed by atoms with Crippen LogP contribution in [0.3, 0.4) is 0 Å². The Morgan fingerprint density at radius 3 is 2.47 bits per heavy atom. The lowest BCUT2D eigenvalue weighted by Crippen LogP contribution is -2.50. The van der Waals surface area contributed by atoms with Gasteiger partial charge in [-0.25, -0.2) is 4.79 Å². The maximum absolute atomic E-state index is 12.1. The first-order valence-corrected chi connectivity index (χ1v) is 6.63. The van der Waals surface area contributed by atoms with Crippen molar-refractivity contribution in [3.05, 3.63) is 0 Å². The molecule has 1 rings (SSSR count). The molecule has 0 aliphatic carbocycles. The molecule has 2 amide bonds. The molecule has 108 valence electrons. The molecule has 6 heteroatoms. The van der Waals surface area contributed by atoms with Crippen molar-refractivity contribution in [3.63, 3.8) is 0 Å². The van der Waals surface area contributed by atoms with Crippen LogP contribution in [0.15, 0.2) is 0 Å². The average molecular weight is 270 g/mol. The van der Waals surface area contributed by atoms with Crippen LogP contribution in [-0.2, 0) is 14.4 Å². The molecular weight excluding hydrogens is 248 g/mol. The fourth-order valence-electron chi connectivity index (χ4n) is 2.38. The van der Waals surface area contributed by atoms with Crippen LogP contribution in [0.2, 0.25) is 0 Å². The molecule has 2 N–H and O–H groups in total. The highest BCUT2D eigenvalue weighted by Gasteiger charge is 2.34. The second kappa shape index (κ2) is 6.54. The van der Waals surface area contributed by atoms with Gasteiger partial charge in [0, 0.05) is 13.5 Å². The number of rotatable bonds is 5. The van der Waals surface area contributed by atoms with Crippen LogP contribution in [0.4, 0.5) is 0 Å². The summed E-state index contributed by atoms with van der Waals surface area (Å²) >= 11 is 0. The van der Waals surface area contributed by atoms with E-state index in [-0.39, 0.29) is 17.7 Å². The van der Waals surface area contributed by atoms with Gasteiger partial charge in [0.1, 0.15) is 12.1 Å². The molecule has 2 atom stereocenters. The molecule has 0 spiro atoms. The highest BCUT2D eigenvalue weighted by Crippen LogP contribution is 2.18. The predicted octanol–water partition coefficient (Wildman–Crippen LogP) is 0.613. The third-order valence-corrected chi connectivity index (χ3v) is 3.28. The number of carboxylic acid groups (broad SMARTS) is 1. The van der Waals surface area contributed by atoms with E-state index in [1.807, 2.05) is 13.8 Å². The predicted molar refractivity (Wildman–Crippen MR) is 69.4 cm³/mol. The van der Waals surface area contributed by atoms with Gasteiger partial charge in [0.25, 0.3) is 0 Å². The number of aliphatic carboxylic acids is 1. The molecule has 0 bridgehead atoms. The lowest BCUT2D eigenvalue weighted by molar-refractivity contribution is -0.144. The van der Waals surface area contributed by atoms with Crippen LogP contribution in [0.25, 0.3) is 0 Å². The zero-order chi connectivity index (χ0) is 14.6. The molecule has 2 unspecified atom stereocenters. The molecule has 0 saturated carbocycles. The van der Waals surface area contributed by atoms with Gasteiger partial charge in [-0.15, -0.1) is 0 Å². The van der Waals surface area contributed by atoms with E-state index >= 15 is 0 Å². The molecule has 0 radical (unpaired) electrons. The van der Waals surface area contributed by atoms with Crippen LogP contribution in [-0.4, -0.2) is 46.4 Å². The highest BCUT2D eigenvalue weighted by atomic mass is 16.4. The van der Waals surface area contributed by atoms with Crippen molar-refractivity contribution >= 4 is 17.8 Å². The van der Waals surface area contributed by atoms with Crippen LogP contribution in [0.5, 0.6) is 0 Å². The van der Waals surface area contributed by atoms with Gasteiger partial charge in [-0.1, -0.05) is 13.8 Å². The summed E-state index contributed by atoms with van der Waals surface area (Å²) in [5.74, 6) is -1.36. The molecule has 0 aromatic rings. The van der Waals surface area contributed by atoms with Crippen LogP contribution in [0.1, 0.15) is 40.0 Å². The van der Waals surface area contributed by atoms with E-state index in [9.17, 15) is 14.4 Å². The lowest BCUT2D eigenvalue weighted by Gasteiger charge is -2.24. The third kappa shape index (κ3) is 4.22. The number of carbonyl (C=O) groups is 3. The Hall–Kier alpha value is -1.59. The molecule has 1 saturated heterocycles. The summed E-state index contributed by atoms with van der Waals surface area (Å²) in [6.07, 6.45) is 1.76. The lowest BCUT2D eigenvalue weighted by atomic mass is 10.0. The summed E-state index contributed by atoms with van der Waals surface area (Å²) in [4.78, 5) is 36.1. The Bertz CT molecular complexity index is 368. The van der Waals surface area contributed by atoms with Crippen molar-refractivity contribution in [2.75, 3.05) is 6.54 Å². The number of likely N-dealkylation sites (tertiary alicyclic amines) is 1. The number of nitrogens with one attached hydrogen (secondary N) is 1. The molecule has 1 fully saturated rings. The second-order valence-corrected chi connectivity index (χ2v) is 5.40. The minimum atomic E-state index is -1.03. The first-order chi connectivity index (χ1) is 8.82. The third-order valence-electron chi connectivity index (χ3n) is 3.28. The molecule has 0 aromatic carbocycles. The zero-order valence-corrected chi connectivity index (χ0v) is 11.7. The Morgan fingerprint density at radius 1 is 1.37 bits per heavy atom. The summed E-state index contributed by atoms with van der Waals surface area (Å²) in [5, 5.41) is 11.6. The highest BCUT2D eigenvalue weighted by molar-refractivity contribution is 5.90. The fourth-order valence-corrected chi connectivity index (χ4v) is 2.38. The minimum Gasteiger partial charge on any atom is -0.480 e. The van der Waals surface area contributed by atoms with Crippen molar-refractivity contribution in [3.8, 4) is 0 Å². The van der Waals surface area contributed by atoms with Gasteiger partial charge in [-0.05, 0) is 25.2 Å². The van der Waals surface area contributed by atoms with Crippen LogP contribution in [0, 0.1) is 5.92 Å². The number of carbonyl (C=O) groups excluding carboxylic acids is 2. The topological polar surface area (TPSA) is 86.7 Å². The summed E-state index contributed by atoms with van der Waals surface area (Å²) in [7, 11) is 0. The number of hydrogen-bond acceptors (Lipinski definition) is 3. The molecule has 0 aromatic heterocycles. The maximum Gasteiger partial charge on any atom is 0.326 e. The maximum atomic E-state index is 12.1. The summed E-state index contributed by atoms with van der Waals surface area (Å²) < 4.78 is 0. The minimum absolute atomic E-state index is 0.145. The van der Waals surface area contributed by atoms with Gasteiger partial charge in [0.15, 0.2) is 0 Å². The molecule has 1 heterocycles. The van der Waals surface area contributed by atoms with Gasteiger partial charge in [0.2, 0.25) is 11.8 Å². The standard InChI is InChI=1S/C13H22N2O4/c1-8(2)7-10(13(18)19)14-12(17)11-5-4-6-15(11)9(3)16/h8,10-11H,4-7H2,1-3H3,(H,14,17)(H,18,19). The van der Waals surface area contributed by atoms with Gasteiger partial charge in [-0.3, -0.25) is 9.59 Å². The summed E-state index contributed by atoms with van der Waals surface area (Å²) in [5.41, 5.74) is 0. The monoisotopic (exact) mass is 270 g/mol. The van der Waals surface area contributed by atoms with E-state index in [1.54, 1.807) is 0 Å². The smallest absolute Gasteiger partial charge is 0.326 e. The van der Waals surface area contributed by atoms with Gasteiger partial charge >= 0.3 is 5.97 Å². The van der Waals surface area contributed by atoms with Crippen molar-refractivity contribution in [2.24, 2.45) is 5.92 Å². The number of nitrogens with zero attached hydrogens (tertiary/aromatic N) is 1. The summed E-state index contributed by atoms with van der Waals surface area (Å²) in [6.45, 7) is 5.79. The Balaban J connectivity index is 2.66. The fraction of sp³-hybridized carbons (Fsp3) is 0.769. The SMILES string of the molecule is CC(=O)N1CCCC1C(=O)NC(CC(C)C)C(=O)O. The van der Waals surface area contributed by atoms with E-state index in [2.05, 4.69) is 5.32 Å². The molecule has 1 aliphatic rings. The molecule has 19 heavy (non-hydrogen) atoms. The first-order valence-electron chi connectivity index (χ1n) is 6.63. The Morgan fingerprint density at radius 2 is 2.00 bits per heavy atom. The normalized spacial score (nSPS) is 20.4. The first kappa shape index (κ1) is 15.5. The van der Waals surface area contributed by atoms with Crippen molar-refractivity contribution in [2.45, 2.75) is 52.1 Å². The van der Waals surface area contributed by atoms with E-state index in [0.29, 0.717) is 19.4 Å². The van der Waals surface area contributed by atoms with E-state index in [1.165, 1.54) is 11.8 Å². The quantitative estimate of drug-likeness (QED) is 0.766. The average Bonchev–Trinajstić information content (AvgIpc) is 2.76. The molecule has 6 nitrogen and oxygen atoms in total. The van der Waals surface area contributed by atoms with Crippen LogP contribution < -0.4 is 5.32 Å². The summed E-state index contributed by atoms with van der Waals surface area (Å²) in [6, 6.07) is -1.41. The number of carboxylic acids is 1.